The standard InChI is InChI=1S/Cu.Mn.Ni.Sn.4H. The van der Waals surface area contributed by atoms with Crippen molar-refractivity contribution >= 4 is 23.9 Å². The molecular formula is H4CuMnNiSn. The van der Waals surface area contributed by atoms with Crippen LogP contribution >= 0.6 is 0 Å². The van der Waals surface area contributed by atoms with Crippen LogP contribution in [0.2, 0.25) is 0 Å². The van der Waals surface area contributed by atoms with Crippen LogP contribution in [-0.4, -0.2) is 23.9 Å². The van der Waals surface area contributed by atoms with Crippen molar-refractivity contribution in [2.45, 2.75) is 0 Å². The Bertz CT molecular complexity index is 8.00. The fourth-order valence-corrected chi connectivity index (χ4v) is 0. The molecule has 0 amide bonds. The van der Waals surface area contributed by atoms with Gasteiger partial charge in [-0.25, -0.2) is 0 Å². The fraction of sp³-hybridized carbons (Fsp3) is 0. The molecule has 0 aliphatic carbocycles. The average Bonchev–Trinajstić information content (AvgIpc) is 0. The summed E-state index contributed by atoms with van der Waals surface area (Å²) in [5, 5.41) is 0. The molecule has 0 aliphatic heterocycles. The van der Waals surface area contributed by atoms with Crippen molar-refractivity contribution in [3.8, 4) is 0 Å². The Labute approximate surface area is 73.7 Å². The summed E-state index contributed by atoms with van der Waals surface area (Å²) in [5.41, 5.74) is 0. The van der Waals surface area contributed by atoms with Gasteiger partial charge in [-0.2, -0.15) is 0 Å². The van der Waals surface area contributed by atoms with E-state index in [9.17, 15) is 0 Å². The van der Waals surface area contributed by atoms with Gasteiger partial charge in [0.25, 0.3) is 0 Å². The molecule has 0 atom stereocenters. The monoisotopic (exact) mass is 300 g/mol. The predicted molar refractivity (Wildman–Crippen MR) is 11.3 cm³/mol. The Morgan fingerprint density at radius 1 is 1.00 bits per heavy atom. The van der Waals surface area contributed by atoms with Crippen LogP contribution in [0.3, 0.4) is 0 Å². The van der Waals surface area contributed by atoms with E-state index < -0.39 is 0 Å². The minimum absolute atomic E-state index is 0. The van der Waals surface area contributed by atoms with Crippen LogP contribution in [0, 0.1) is 0 Å². The molecule has 0 unspecified atom stereocenters. The van der Waals surface area contributed by atoms with E-state index in [1.807, 2.05) is 0 Å². The van der Waals surface area contributed by atoms with E-state index in [0.717, 1.165) is 0 Å². The van der Waals surface area contributed by atoms with Crippen LogP contribution in [0.5, 0.6) is 0 Å². The second kappa shape index (κ2) is 18.4. The second-order valence-corrected chi connectivity index (χ2v) is 0. The van der Waals surface area contributed by atoms with Crippen LogP contribution in [-0.2, 0) is 50.6 Å². The van der Waals surface area contributed by atoms with Crippen molar-refractivity contribution in [2.24, 2.45) is 0 Å². The van der Waals surface area contributed by atoms with E-state index in [2.05, 4.69) is 0 Å². The Morgan fingerprint density at radius 2 is 1.00 bits per heavy atom. The van der Waals surface area contributed by atoms with Gasteiger partial charge in [-0.3, -0.25) is 0 Å². The molecule has 0 spiro atoms. The SMILES string of the molecule is [Cu].[Mn].[Ni].[SnH4]. The zero-order valence-electron chi connectivity index (χ0n) is 0.996. The van der Waals surface area contributed by atoms with Crippen LogP contribution in [0.15, 0.2) is 0 Å². The molecule has 0 aromatic heterocycles. The van der Waals surface area contributed by atoms with Gasteiger partial charge in [0, 0.05) is 50.6 Å². The quantitative estimate of drug-likeness (QED) is 0.480. The van der Waals surface area contributed by atoms with E-state index >= 15 is 0 Å². The summed E-state index contributed by atoms with van der Waals surface area (Å²) in [6.45, 7) is 0. The third-order valence-electron chi connectivity index (χ3n) is 0. The van der Waals surface area contributed by atoms with Crippen molar-refractivity contribution in [1.29, 1.82) is 0 Å². The maximum atomic E-state index is 0. The Kier molecular flexibility index (Phi) is 152. The van der Waals surface area contributed by atoms with Gasteiger partial charge in [0.1, 0.15) is 0 Å². The zero-order valence-corrected chi connectivity index (χ0v) is 4.11. The topological polar surface area (TPSA) is 0 Å². The first-order valence-electron chi connectivity index (χ1n) is 0. The molecule has 0 aromatic carbocycles. The van der Waals surface area contributed by atoms with Gasteiger partial charge in [0.2, 0.25) is 0 Å². The van der Waals surface area contributed by atoms with E-state index in [0.29, 0.717) is 0 Å². The average molecular weight is 300 g/mol. The van der Waals surface area contributed by atoms with Gasteiger partial charge in [-0.1, -0.05) is 0 Å². The number of rotatable bonds is 0. The van der Waals surface area contributed by atoms with E-state index in [4.69, 9.17) is 0 Å². The van der Waals surface area contributed by atoms with E-state index in [-0.39, 0.29) is 74.5 Å². The van der Waals surface area contributed by atoms with E-state index in [1.165, 1.54) is 0 Å². The molecule has 0 N–H and O–H groups in total. The van der Waals surface area contributed by atoms with Crippen molar-refractivity contribution in [2.75, 3.05) is 0 Å². The summed E-state index contributed by atoms with van der Waals surface area (Å²) in [5.74, 6) is 0. The molecule has 0 nitrogen and oxygen atoms in total. The Morgan fingerprint density at radius 3 is 1.00 bits per heavy atom. The molecule has 0 heterocycles. The minimum atomic E-state index is 0. The summed E-state index contributed by atoms with van der Waals surface area (Å²) >= 11 is 0. The summed E-state index contributed by atoms with van der Waals surface area (Å²) < 4.78 is 0. The normalized spacial score (nSPS) is 0. The summed E-state index contributed by atoms with van der Waals surface area (Å²) in [7, 11) is 0. The molecule has 0 rings (SSSR count). The Balaban J connectivity index is 0. The van der Waals surface area contributed by atoms with Gasteiger partial charge in [0.05, 0.1) is 0 Å². The summed E-state index contributed by atoms with van der Waals surface area (Å²) in [6.07, 6.45) is 0. The second-order valence-electron chi connectivity index (χ2n) is 0. The number of hydrogen-bond donors (Lipinski definition) is 0. The van der Waals surface area contributed by atoms with Crippen molar-refractivity contribution in [1.82, 2.24) is 0 Å². The summed E-state index contributed by atoms with van der Waals surface area (Å²) in [4.78, 5) is 0. The van der Waals surface area contributed by atoms with Crippen LogP contribution in [0.25, 0.3) is 0 Å². The van der Waals surface area contributed by atoms with E-state index in [1.54, 1.807) is 0 Å². The first kappa shape index (κ1) is 33.1. The summed E-state index contributed by atoms with van der Waals surface area (Å²) in [6, 6.07) is 0. The molecule has 0 fully saturated rings. The zero-order chi connectivity index (χ0) is 0. The van der Waals surface area contributed by atoms with Gasteiger partial charge in [-0.05, 0) is 0 Å². The third-order valence-corrected chi connectivity index (χ3v) is 0. The molecule has 2 radical (unpaired) electrons. The van der Waals surface area contributed by atoms with Crippen LogP contribution in [0.1, 0.15) is 0 Å². The molecular weight excluding hydrogens is 296 g/mol. The van der Waals surface area contributed by atoms with Crippen LogP contribution < -0.4 is 0 Å². The Hall–Kier alpha value is 2.33. The van der Waals surface area contributed by atoms with Crippen molar-refractivity contribution in [3.05, 3.63) is 0 Å². The van der Waals surface area contributed by atoms with Gasteiger partial charge < -0.3 is 0 Å². The first-order chi connectivity index (χ1) is 0. The molecule has 0 aromatic rings. The number of hydrogen-bond acceptors (Lipinski definition) is 0. The first-order valence-corrected chi connectivity index (χ1v) is 0. The molecule has 0 saturated heterocycles. The molecule has 0 aliphatic rings. The van der Waals surface area contributed by atoms with Gasteiger partial charge in [-0.15, -0.1) is 0 Å². The third kappa shape index (κ3) is 8.84. The molecule has 0 bridgehead atoms. The fourth-order valence-electron chi connectivity index (χ4n) is 0. The van der Waals surface area contributed by atoms with Gasteiger partial charge in [0.15, 0.2) is 0 Å². The molecule has 36 valence electrons. The van der Waals surface area contributed by atoms with Crippen molar-refractivity contribution in [3.63, 3.8) is 0 Å². The predicted octanol–water partition coefficient (Wildman–Crippen LogP) is -1.46. The molecule has 4 heavy (non-hydrogen) atoms. The molecule has 4 heteroatoms. The van der Waals surface area contributed by atoms with Gasteiger partial charge >= 0.3 is 23.9 Å². The van der Waals surface area contributed by atoms with Crippen molar-refractivity contribution < 1.29 is 50.6 Å². The maximum absolute atomic E-state index is 0. The molecule has 0 saturated carbocycles. The van der Waals surface area contributed by atoms with Crippen LogP contribution in [0.4, 0.5) is 0 Å².